The van der Waals surface area contributed by atoms with Crippen LogP contribution >= 0.6 is 0 Å². The Morgan fingerprint density at radius 1 is 1.24 bits per heavy atom. The molecule has 3 aromatic heterocycles. The largest absolute Gasteiger partial charge is 0.481 e. The third-order valence-electron chi connectivity index (χ3n) is 6.40. The standard InChI is InChI=1S/C24H27FN6O2/c1-4-31-20(10-15-5-6-21(33-3)28-22(15)31)23-27-18-11-17-14(9-19(18)29(23)2)7-8-30(24(17)32)13-16(26)12-25/h5-6,9-11,16H,4,7-8,12-13,26H2,1-3H3/t16-/m1/s1. The minimum absolute atomic E-state index is 0.117. The fraction of sp³-hybridized carbons (Fsp3) is 0.375. The van der Waals surface area contributed by atoms with Crippen LogP contribution in [0.5, 0.6) is 5.88 Å². The van der Waals surface area contributed by atoms with Gasteiger partial charge in [0.25, 0.3) is 5.91 Å². The van der Waals surface area contributed by atoms with Crippen LogP contribution in [0.1, 0.15) is 22.8 Å². The molecule has 1 atom stereocenters. The smallest absolute Gasteiger partial charge is 0.254 e. The van der Waals surface area contributed by atoms with Gasteiger partial charge >= 0.3 is 0 Å². The molecule has 0 radical (unpaired) electrons. The summed E-state index contributed by atoms with van der Waals surface area (Å²) in [6.07, 6.45) is 0.704. The number of carbonyl (C=O) groups is 1. The zero-order chi connectivity index (χ0) is 23.3. The first kappa shape index (κ1) is 21.4. The number of fused-ring (bicyclic) bond motifs is 3. The number of rotatable bonds is 6. The second-order valence-electron chi connectivity index (χ2n) is 8.45. The zero-order valence-corrected chi connectivity index (χ0v) is 19.0. The monoisotopic (exact) mass is 450 g/mol. The van der Waals surface area contributed by atoms with Gasteiger partial charge in [-0.05, 0) is 43.2 Å². The van der Waals surface area contributed by atoms with Crippen LogP contribution in [0.3, 0.4) is 0 Å². The van der Waals surface area contributed by atoms with E-state index in [1.165, 1.54) is 0 Å². The maximum absolute atomic E-state index is 13.0. The van der Waals surface area contributed by atoms with Crippen molar-refractivity contribution in [1.82, 2.24) is 24.0 Å². The van der Waals surface area contributed by atoms with Crippen molar-refractivity contribution in [1.29, 1.82) is 0 Å². The van der Waals surface area contributed by atoms with Gasteiger partial charge in [0.1, 0.15) is 12.3 Å². The lowest BCUT2D eigenvalue weighted by atomic mass is 9.97. The number of amides is 1. The van der Waals surface area contributed by atoms with Crippen molar-refractivity contribution in [3.63, 3.8) is 0 Å². The Balaban J connectivity index is 1.61. The van der Waals surface area contributed by atoms with E-state index in [4.69, 9.17) is 15.5 Å². The molecule has 172 valence electrons. The molecule has 0 saturated heterocycles. The number of aromatic nitrogens is 4. The molecule has 0 spiro atoms. The summed E-state index contributed by atoms with van der Waals surface area (Å²) in [5.41, 5.74) is 10.8. The van der Waals surface area contributed by atoms with E-state index in [2.05, 4.69) is 27.1 Å². The van der Waals surface area contributed by atoms with Gasteiger partial charge in [-0.2, -0.15) is 4.98 Å². The van der Waals surface area contributed by atoms with Crippen LogP contribution in [0.15, 0.2) is 30.3 Å². The van der Waals surface area contributed by atoms with Gasteiger partial charge in [0.05, 0.1) is 29.9 Å². The number of carbonyl (C=O) groups excluding carboxylic acids is 1. The van der Waals surface area contributed by atoms with Crippen LogP contribution < -0.4 is 10.5 Å². The fourth-order valence-corrected chi connectivity index (χ4v) is 4.68. The van der Waals surface area contributed by atoms with Crippen molar-refractivity contribution in [2.45, 2.75) is 25.9 Å². The molecule has 0 fully saturated rings. The predicted octanol–water partition coefficient (Wildman–Crippen LogP) is 2.91. The number of benzene rings is 1. The minimum Gasteiger partial charge on any atom is -0.481 e. The number of hydrogen-bond acceptors (Lipinski definition) is 5. The highest BCUT2D eigenvalue weighted by atomic mass is 19.1. The Morgan fingerprint density at radius 3 is 2.79 bits per heavy atom. The Hall–Kier alpha value is -3.46. The minimum atomic E-state index is -0.663. The maximum atomic E-state index is 13.0. The van der Waals surface area contributed by atoms with Crippen LogP contribution in [0.4, 0.5) is 4.39 Å². The van der Waals surface area contributed by atoms with E-state index in [1.54, 1.807) is 12.0 Å². The molecular formula is C24H27FN6O2. The summed E-state index contributed by atoms with van der Waals surface area (Å²) in [5.74, 6) is 1.25. The number of alkyl halides is 1. The summed E-state index contributed by atoms with van der Waals surface area (Å²) < 4.78 is 22.4. The molecule has 0 bridgehead atoms. The van der Waals surface area contributed by atoms with Crippen molar-refractivity contribution in [3.05, 3.63) is 41.5 Å². The van der Waals surface area contributed by atoms with Crippen molar-refractivity contribution in [2.75, 3.05) is 26.9 Å². The summed E-state index contributed by atoms with van der Waals surface area (Å²) in [6, 6.07) is 9.16. The summed E-state index contributed by atoms with van der Waals surface area (Å²) in [7, 11) is 3.59. The number of hydrogen-bond donors (Lipinski definition) is 1. The number of imidazole rings is 1. The molecule has 0 unspecified atom stereocenters. The summed E-state index contributed by atoms with van der Waals surface area (Å²) >= 11 is 0. The first-order chi connectivity index (χ1) is 15.9. The lowest BCUT2D eigenvalue weighted by molar-refractivity contribution is 0.0725. The number of pyridine rings is 1. The Kier molecular flexibility index (Phi) is 5.28. The number of nitrogens with zero attached hydrogens (tertiary/aromatic N) is 5. The maximum Gasteiger partial charge on any atom is 0.254 e. The number of halogens is 1. The molecule has 2 N–H and O–H groups in total. The van der Waals surface area contributed by atoms with Crippen LogP contribution in [-0.2, 0) is 20.0 Å². The molecule has 4 heterocycles. The van der Waals surface area contributed by atoms with Gasteiger partial charge in [-0.3, -0.25) is 4.79 Å². The molecule has 1 aromatic carbocycles. The average molecular weight is 451 g/mol. The SMILES string of the molecule is CCn1c(-c2nc3cc4c(cc3n2C)CCN(C[C@H](N)CF)C4=O)cc2ccc(OC)nc21. The second-order valence-corrected chi connectivity index (χ2v) is 8.45. The lowest BCUT2D eigenvalue weighted by Crippen LogP contribution is -2.45. The molecule has 1 amide bonds. The topological polar surface area (TPSA) is 91.2 Å². The first-order valence-corrected chi connectivity index (χ1v) is 11.1. The van der Waals surface area contributed by atoms with E-state index in [0.717, 1.165) is 45.7 Å². The summed E-state index contributed by atoms with van der Waals surface area (Å²) in [5, 5.41) is 1.01. The van der Waals surface area contributed by atoms with Gasteiger partial charge in [-0.15, -0.1) is 0 Å². The fourth-order valence-electron chi connectivity index (χ4n) is 4.68. The van der Waals surface area contributed by atoms with E-state index < -0.39 is 12.7 Å². The molecule has 1 aliphatic rings. The van der Waals surface area contributed by atoms with E-state index in [1.807, 2.05) is 31.3 Å². The van der Waals surface area contributed by atoms with Crippen molar-refractivity contribution in [3.8, 4) is 17.4 Å². The highest BCUT2D eigenvalue weighted by Gasteiger charge is 2.27. The van der Waals surface area contributed by atoms with Crippen molar-refractivity contribution < 1.29 is 13.9 Å². The number of aryl methyl sites for hydroxylation is 2. The molecule has 1 aliphatic heterocycles. The van der Waals surface area contributed by atoms with Gasteiger partial charge in [0.2, 0.25) is 5.88 Å². The number of nitrogens with two attached hydrogens (primary N) is 1. The van der Waals surface area contributed by atoms with Gasteiger partial charge in [-0.25, -0.2) is 9.37 Å². The van der Waals surface area contributed by atoms with Crippen LogP contribution in [0.25, 0.3) is 33.6 Å². The average Bonchev–Trinajstić information content (AvgIpc) is 3.36. The van der Waals surface area contributed by atoms with Gasteiger partial charge in [0.15, 0.2) is 5.82 Å². The van der Waals surface area contributed by atoms with E-state index >= 15 is 0 Å². The van der Waals surface area contributed by atoms with Crippen LogP contribution in [-0.4, -0.2) is 62.8 Å². The second kappa shape index (κ2) is 8.15. The molecule has 9 heteroatoms. The van der Waals surface area contributed by atoms with Crippen molar-refractivity contribution in [2.24, 2.45) is 12.8 Å². The molecule has 8 nitrogen and oxygen atoms in total. The third-order valence-corrected chi connectivity index (χ3v) is 6.40. The molecule has 33 heavy (non-hydrogen) atoms. The molecule has 5 rings (SSSR count). The van der Waals surface area contributed by atoms with Crippen LogP contribution in [0.2, 0.25) is 0 Å². The van der Waals surface area contributed by atoms with Gasteiger partial charge in [-0.1, -0.05) is 0 Å². The normalized spacial score (nSPS) is 14.8. The molecule has 0 aliphatic carbocycles. The third kappa shape index (κ3) is 3.43. The van der Waals surface area contributed by atoms with E-state index in [-0.39, 0.29) is 12.5 Å². The highest BCUT2D eigenvalue weighted by Crippen LogP contribution is 2.32. The molecule has 4 aromatic rings. The molecule has 0 saturated carbocycles. The highest BCUT2D eigenvalue weighted by molar-refractivity contribution is 6.00. The predicted molar refractivity (Wildman–Crippen MR) is 125 cm³/mol. The Labute approximate surface area is 190 Å². The van der Waals surface area contributed by atoms with Gasteiger partial charge in [0, 0.05) is 43.7 Å². The zero-order valence-electron chi connectivity index (χ0n) is 19.0. The lowest BCUT2D eigenvalue weighted by Gasteiger charge is -2.30. The van der Waals surface area contributed by atoms with E-state index in [0.29, 0.717) is 24.4 Å². The Morgan fingerprint density at radius 2 is 2.06 bits per heavy atom. The quantitative estimate of drug-likeness (QED) is 0.488. The first-order valence-electron chi connectivity index (χ1n) is 11.1. The van der Waals surface area contributed by atoms with Crippen LogP contribution in [0, 0.1) is 0 Å². The Bertz CT molecular complexity index is 1370. The number of methoxy groups -OCH3 is 1. The van der Waals surface area contributed by atoms with E-state index in [9.17, 15) is 9.18 Å². The summed E-state index contributed by atoms with van der Waals surface area (Å²) in [4.78, 5) is 24.2. The summed E-state index contributed by atoms with van der Waals surface area (Å²) in [6.45, 7) is 2.90. The van der Waals surface area contributed by atoms with Crippen molar-refractivity contribution >= 4 is 28.0 Å². The van der Waals surface area contributed by atoms with Gasteiger partial charge < -0.3 is 24.5 Å². The molecular weight excluding hydrogens is 423 g/mol. The number of ether oxygens (including phenoxy) is 1.